The molecule has 0 spiro atoms. The molecule has 0 aliphatic heterocycles. The summed E-state index contributed by atoms with van der Waals surface area (Å²) in [5.74, 6) is -0.500. The van der Waals surface area contributed by atoms with Crippen LogP contribution >= 0.6 is 0 Å². The number of hydrogen-bond acceptors (Lipinski definition) is 4. The van der Waals surface area contributed by atoms with Crippen molar-refractivity contribution in [3.8, 4) is 0 Å². The number of rotatable bonds is 4. The molecule has 3 aromatic rings. The van der Waals surface area contributed by atoms with E-state index in [1.807, 2.05) is 12.1 Å². The van der Waals surface area contributed by atoms with Crippen molar-refractivity contribution < 1.29 is 12.8 Å². The Hall–Kier alpha value is -2.94. The van der Waals surface area contributed by atoms with Gasteiger partial charge in [0.25, 0.3) is 10.0 Å². The second kappa shape index (κ2) is 5.80. The first kappa shape index (κ1) is 16.5. The number of hydrogen-bond donors (Lipinski definition) is 3. The van der Waals surface area contributed by atoms with Crippen LogP contribution in [0.5, 0.6) is 0 Å². The highest BCUT2D eigenvalue weighted by Gasteiger charge is 2.24. The Balaban J connectivity index is 1.72. The topological polar surface area (TPSA) is 112 Å². The molecule has 1 aliphatic carbocycles. The number of nitrogens with one attached hydrogen (secondary N) is 3. The van der Waals surface area contributed by atoms with Crippen molar-refractivity contribution in [3.63, 3.8) is 0 Å². The van der Waals surface area contributed by atoms with Gasteiger partial charge in [-0.25, -0.2) is 12.8 Å². The fourth-order valence-corrected chi connectivity index (χ4v) is 3.92. The highest BCUT2D eigenvalue weighted by atomic mass is 32.2. The first-order chi connectivity index (χ1) is 12.3. The molecule has 1 fully saturated rings. The number of fused-ring (bicyclic) bond motifs is 1. The molecule has 4 rings (SSSR count). The number of H-pyrrole nitrogens is 2. The van der Waals surface area contributed by atoms with Gasteiger partial charge in [0.1, 0.15) is 10.7 Å². The van der Waals surface area contributed by atoms with Crippen molar-refractivity contribution in [3.05, 3.63) is 68.5 Å². The lowest BCUT2D eigenvalue weighted by molar-refractivity contribution is 0.571. The van der Waals surface area contributed by atoms with Crippen molar-refractivity contribution in [2.45, 2.75) is 23.7 Å². The molecule has 0 unspecified atom stereocenters. The van der Waals surface area contributed by atoms with Crippen molar-refractivity contribution in [2.75, 3.05) is 4.72 Å². The van der Waals surface area contributed by atoms with E-state index in [2.05, 4.69) is 14.7 Å². The van der Waals surface area contributed by atoms with E-state index in [-0.39, 0.29) is 11.0 Å². The standard InChI is InChI=1S/C17H14FN3O4S/c18-12-7-13-14(20-17(23)16(22)19-13)8-15(12)26(24,25)21-11-5-3-10(4-6-11)9-1-2-9/h3-9,21H,1-2H2,(H,19,22)(H,20,23). The fraction of sp³-hybridized carbons (Fsp3) is 0.176. The van der Waals surface area contributed by atoms with E-state index in [9.17, 15) is 22.4 Å². The number of halogens is 1. The Morgan fingerprint density at radius 1 is 0.962 bits per heavy atom. The molecule has 0 saturated heterocycles. The van der Waals surface area contributed by atoms with Crippen LogP contribution in [0.2, 0.25) is 0 Å². The van der Waals surface area contributed by atoms with Crippen molar-refractivity contribution in [2.24, 2.45) is 0 Å². The predicted octanol–water partition coefficient (Wildman–Crippen LogP) is 2.03. The SMILES string of the molecule is O=c1[nH]c2cc(F)c(S(=O)(=O)Nc3ccc(C4CC4)cc3)cc2[nH]c1=O. The normalized spacial score (nSPS) is 14.5. The van der Waals surface area contributed by atoms with Gasteiger partial charge in [-0.15, -0.1) is 0 Å². The van der Waals surface area contributed by atoms with Crippen molar-refractivity contribution in [1.29, 1.82) is 0 Å². The summed E-state index contributed by atoms with van der Waals surface area (Å²) >= 11 is 0. The zero-order valence-corrected chi connectivity index (χ0v) is 14.2. The van der Waals surface area contributed by atoms with E-state index in [1.54, 1.807) is 12.1 Å². The molecule has 3 N–H and O–H groups in total. The first-order valence-corrected chi connectivity index (χ1v) is 9.40. The molecule has 9 heteroatoms. The number of aromatic nitrogens is 2. The Morgan fingerprint density at radius 2 is 1.54 bits per heavy atom. The highest BCUT2D eigenvalue weighted by molar-refractivity contribution is 7.92. The Kier molecular flexibility index (Phi) is 3.69. The van der Waals surface area contributed by atoms with Crippen LogP contribution in [0.3, 0.4) is 0 Å². The summed E-state index contributed by atoms with van der Waals surface area (Å²) in [6.45, 7) is 0. The van der Waals surface area contributed by atoms with Gasteiger partial charge in [-0.05, 0) is 42.5 Å². The third-order valence-corrected chi connectivity index (χ3v) is 5.67. The number of sulfonamides is 1. The molecule has 7 nitrogen and oxygen atoms in total. The Labute approximate surface area is 146 Å². The maximum Gasteiger partial charge on any atom is 0.314 e. The molecular weight excluding hydrogens is 361 g/mol. The zero-order chi connectivity index (χ0) is 18.5. The summed E-state index contributed by atoms with van der Waals surface area (Å²) in [5, 5.41) is 0. The molecule has 1 heterocycles. The van der Waals surface area contributed by atoms with Gasteiger partial charge in [0, 0.05) is 11.8 Å². The second-order valence-electron chi connectivity index (χ2n) is 6.24. The van der Waals surface area contributed by atoms with Gasteiger partial charge in [-0.3, -0.25) is 14.3 Å². The lowest BCUT2D eigenvalue weighted by Crippen LogP contribution is -2.29. The second-order valence-corrected chi connectivity index (χ2v) is 7.89. The number of aromatic amines is 2. The van der Waals surface area contributed by atoms with Crippen LogP contribution in [0, 0.1) is 5.82 Å². The van der Waals surface area contributed by atoms with Gasteiger partial charge in [0.2, 0.25) is 0 Å². The lowest BCUT2D eigenvalue weighted by Gasteiger charge is -2.10. The van der Waals surface area contributed by atoms with Gasteiger partial charge in [0.15, 0.2) is 0 Å². The van der Waals surface area contributed by atoms with E-state index < -0.39 is 31.9 Å². The van der Waals surface area contributed by atoms with Crippen LogP contribution in [0.15, 0.2) is 50.9 Å². The molecule has 1 aliphatic rings. The third-order valence-electron chi connectivity index (χ3n) is 4.28. The van der Waals surface area contributed by atoms with E-state index in [1.165, 1.54) is 0 Å². The molecule has 1 aromatic heterocycles. The van der Waals surface area contributed by atoms with Crippen LogP contribution < -0.4 is 15.8 Å². The summed E-state index contributed by atoms with van der Waals surface area (Å²) in [6.07, 6.45) is 2.27. The average molecular weight is 375 g/mol. The molecule has 0 bridgehead atoms. The van der Waals surface area contributed by atoms with E-state index >= 15 is 0 Å². The van der Waals surface area contributed by atoms with Crippen molar-refractivity contribution in [1.82, 2.24) is 9.97 Å². The van der Waals surface area contributed by atoms with E-state index in [0.29, 0.717) is 11.6 Å². The monoisotopic (exact) mass is 375 g/mol. The average Bonchev–Trinajstić information content (AvgIpc) is 3.41. The Morgan fingerprint density at radius 3 is 2.12 bits per heavy atom. The molecular formula is C17H14FN3O4S. The molecule has 0 amide bonds. The molecule has 0 radical (unpaired) electrons. The van der Waals surface area contributed by atoms with Gasteiger partial charge in [-0.1, -0.05) is 12.1 Å². The summed E-state index contributed by atoms with van der Waals surface area (Å²) in [7, 11) is -4.21. The summed E-state index contributed by atoms with van der Waals surface area (Å²) in [6, 6.07) is 8.77. The maximum atomic E-state index is 14.3. The molecule has 26 heavy (non-hydrogen) atoms. The van der Waals surface area contributed by atoms with Gasteiger partial charge < -0.3 is 9.97 Å². The minimum Gasteiger partial charge on any atom is -0.316 e. The first-order valence-electron chi connectivity index (χ1n) is 7.92. The predicted molar refractivity (Wildman–Crippen MR) is 94.4 cm³/mol. The zero-order valence-electron chi connectivity index (χ0n) is 13.4. The quantitative estimate of drug-likeness (QED) is 0.606. The van der Waals surface area contributed by atoms with E-state index in [0.717, 1.165) is 30.5 Å². The van der Waals surface area contributed by atoms with Crippen LogP contribution in [0.1, 0.15) is 24.3 Å². The van der Waals surface area contributed by atoms with Gasteiger partial charge in [-0.2, -0.15) is 0 Å². The largest absolute Gasteiger partial charge is 0.316 e. The Bertz CT molecular complexity index is 1230. The minimum atomic E-state index is -4.21. The van der Waals surface area contributed by atoms with Crippen molar-refractivity contribution >= 4 is 26.7 Å². The maximum absolute atomic E-state index is 14.3. The molecule has 2 aromatic carbocycles. The molecule has 1 saturated carbocycles. The van der Waals surface area contributed by atoms with Crippen LogP contribution in [0.4, 0.5) is 10.1 Å². The smallest absolute Gasteiger partial charge is 0.314 e. The summed E-state index contributed by atoms with van der Waals surface area (Å²) < 4.78 is 41.7. The fourth-order valence-electron chi connectivity index (χ4n) is 2.77. The number of benzene rings is 2. The minimum absolute atomic E-state index is 0.000152. The summed E-state index contributed by atoms with van der Waals surface area (Å²) in [4.78, 5) is 26.5. The van der Waals surface area contributed by atoms with Gasteiger partial charge in [0.05, 0.1) is 11.0 Å². The lowest BCUT2D eigenvalue weighted by atomic mass is 10.1. The van der Waals surface area contributed by atoms with Gasteiger partial charge >= 0.3 is 11.1 Å². The van der Waals surface area contributed by atoms with E-state index in [4.69, 9.17) is 0 Å². The van der Waals surface area contributed by atoms with Crippen LogP contribution in [0.25, 0.3) is 11.0 Å². The third kappa shape index (κ3) is 3.01. The van der Waals surface area contributed by atoms with Crippen LogP contribution in [-0.4, -0.2) is 18.4 Å². The highest BCUT2D eigenvalue weighted by Crippen LogP contribution is 2.40. The van der Waals surface area contributed by atoms with Crippen LogP contribution in [-0.2, 0) is 10.0 Å². The summed E-state index contributed by atoms with van der Waals surface area (Å²) in [5.41, 5.74) is -0.423. The molecule has 0 atom stereocenters. The molecule has 134 valence electrons. The number of anilines is 1.